The third-order valence-electron chi connectivity index (χ3n) is 2.55. The number of hydrogen-bond donors (Lipinski definition) is 3. The van der Waals surface area contributed by atoms with Crippen molar-refractivity contribution in [3.63, 3.8) is 0 Å². The number of rotatable bonds is 4. The average molecular weight is 279 g/mol. The van der Waals surface area contributed by atoms with Crippen molar-refractivity contribution < 1.29 is 18.1 Å². The van der Waals surface area contributed by atoms with Crippen molar-refractivity contribution in [2.45, 2.75) is 11.5 Å². The predicted octanol–water partition coefficient (Wildman–Crippen LogP) is 2.17. The SMILES string of the molecule is O=S(=O)(O)c1ccc(Nc2cccc(CO)c2)cc1. The lowest BCUT2D eigenvalue weighted by molar-refractivity contribution is 0.282. The van der Waals surface area contributed by atoms with Gasteiger partial charge in [0.25, 0.3) is 10.1 Å². The van der Waals surface area contributed by atoms with Gasteiger partial charge in [-0.15, -0.1) is 0 Å². The lowest BCUT2D eigenvalue weighted by Crippen LogP contribution is -1.98. The van der Waals surface area contributed by atoms with Crippen LogP contribution in [0.2, 0.25) is 0 Å². The normalized spacial score (nSPS) is 11.3. The van der Waals surface area contributed by atoms with E-state index in [1.165, 1.54) is 12.1 Å². The highest BCUT2D eigenvalue weighted by Gasteiger charge is 2.08. The van der Waals surface area contributed by atoms with Crippen molar-refractivity contribution in [3.8, 4) is 0 Å². The van der Waals surface area contributed by atoms with E-state index < -0.39 is 10.1 Å². The first-order valence-corrected chi connectivity index (χ1v) is 6.97. The highest BCUT2D eigenvalue weighted by Crippen LogP contribution is 2.19. The molecule has 2 rings (SSSR count). The van der Waals surface area contributed by atoms with E-state index in [4.69, 9.17) is 9.66 Å². The maximum atomic E-state index is 10.9. The van der Waals surface area contributed by atoms with Crippen LogP contribution in [-0.2, 0) is 16.7 Å². The van der Waals surface area contributed by atoms with Gasteiger partial charge in [-0.3, -0.25) is 4.55 Å². The molecule has 0 amide bonds. The number of aliphatic hydroxyl groups excluding tert-OH is 1. The largest absolute Gasteiger partial charge is 0.392 e. The van der Waals surface area contributed by atoms with Crippen LogP contribution in [0.3, 0.4) is 0 Å². The fourth-order valence-electron chi connectivity index (χ4n) is 1.62. The summed E-state index contributed by atoms with van der Waals surface area (Å²) < 4.78 is 30.6. The first kappa shape index (κ1) is 13.5. The molecule has 0 saturated heterocycles. The first-order valence-electron chi connectivity index (χ1n) is 5.53. The Kier molecular flexibility index (Phi) is 3.84. The summed E-state index contributed by atoms with van der Waals surface area (Å²) in [6.45, 7) is -0.0444. The van der Waals surface area contributed by atoms with Crippen molar-refractivity contribution in [2.75, 3.05) is 5.32 Å². The Morgan fingerprint density at radius 1 is 1.00 bits per heavy atom. The minimum Gasteiger partial charge on any atom is -0.392 e. The second kappa shape index (κ2) is 5.40. The fraction of sp³-hybridized carbons (Fsp3) is 0.0769. The van der Waals surface area contributed by atoms with E-state index in [-0.39, 0.29) is 11.5 Å². The van der Waals surface area contributed by atoms with Gasteiger partial charge in [-0.1, -0.05) is 12.1 Å². The molecule has 5 nitrogen and oxygen atoms in total. The van der Waals surface area contributed by atoms with Crippen molar-refractivity contribution >= 4 is 21.5 Å². The lowest BCUT2D eigenvalue weighted by atomic mass is 10.2. The maximum Gasteiger partial charge on any atom is 0.294 e. The van der Waals surface area contributed by atoms with Gasteiger partial charge < -0.3 is 10.4 Å². The van der Waals surface area contributed by atoms with Crippen molar-refractivity contribution in [1.29, 1.82) is 0 Å². The van der Waals surface area contributed by atoms with Crippen LogP contribution in [0.5, 0.6) is 0 Å². The van der Waals surface area contributed by atoms with Gasteiger partial charge in [0.05, 0.1) is 11.5 Å². The highest BCUT2D eigenvalue weighted by atomic mass is 32.2. The molecule has 0 aliphatic rings. The molecule has 0 spiro atoms. The molecular weight excluding hydrogens is 266 g/mol. The van der Waals surface area contributed by atoms with Crippen molar-refractivity contribution in [1.82, 2.24) is 0 Å². The lowest BCUT2D eigenvalue weighted by Gasteiger charge is -2.08. The minimum atomic E-state index is -4.16. The molecule has 0 aliphatic carbocycles. The monoisotopic (exact) mass is 279 g/mol. The summed E-state index contributed by atoms with van der Waals surface area (Å²) in [5.41, 5.74) is 2.24. The number of anilines is 2. The van der Waals surface area contributed by atoms with Gasteiger partial charge in [0.15, 0.2) is 0 Å². The van der Waals surface area contributed by atoms with Gasteiger partial charge >= 0.3 is 0 Å². The Labute approximate surface area is 111 Å². The van der Waals surface area contributed by atoms with Crippen LogP contribution in [0, 0.1) is 0 Å². The second-order valence-corrected chi connectivity index (χ2v) is 5.40. The molecule has 0 saturated carbocycles. The Morgan fingerprint density at radius 3 is 2.26 bits per heavy atom. The molecule has 2 aromatic rings. The van der Waals surface area contributed by atoms with E-state index in [1.54, 1.807) is 30.3 Å². The van der Waals surface area contributed by atoms with Crippen LogP contribution in [0.15, 0.2) is 53.4 Å². The summed E-state index contributed by atoms with van der Waals surface area (Å²) in [5, 5.41) is 12.1. The third kappa shape index (κ3) is 3.54. The molecule has 0 aromatic heterocycles. The van der Waals surface area contributed by atoms with Crippen LogP contribution < -0.4 is 5.32 Å². The third-order valence-corrected chi connectivity index (χ3v) is 3.42. The zero-order valence-electron chi connectivity index (χ0n) is 9.95. The zero-order valence-corrected chi connectivity index (χ0v) is 10.8. The molecule has 2 aromatic carbocycles. The van der Waals surface area contributed by atoms with E-state index in [0.29, 0.717) is 5.69 Å². The van der Waals surface area contributed by atoms with E-state index >= 15 is 0 Å². The van der Waals surface area contributed by atoms with E-state index in [0.717, 1.165) is 11.3 Å². The molecule has 100 valence electrons. The van der Waals surface area contributed by atoms with Crippen LogP contribution >= 0.6 is 0 Å². The summed E-state index contributed by atoms with van der Waals surface area (Å²) >= 11 is 0. The predicted molar refractivity (Wildman–Crippen MR) is 71.9 cm³/mol. The Hall–Kier alpha value is -1.89. The van der Waals surface area contributed by atoms with Gasteiger partial charge in [-0.25, -0.2) is 0 Å². The molecule has 19 heavy (non-hydrogen) atoms. The molecule has 0 aliphatic heterocycles. The van der Waals surface area contributed by atoms with Gasteiger partial charge in [-0.05, 0) is 42.0 Å². The van der Waals surface area contributed by atoms with Crippen LogP contribution in [-0.4, -0.2) is 18.1 Å². The molecule has 6 heteroatoms. The van der Waals surface area contributed by atoms with Gasteiger partial charge in [0, 0.05) is 11.4 Å². The van der Waals surface area contributed by atoms with Crippen molar-refractivity contribution in [3.05, 3.63) is 54.1 Å². The molecule has 0 atom stereocenters. The summed E-state index contributed by atoms with van der Waals surface area (Å²) in [6, 6.07) is 12.9. The molecule has 0 unspecified atom stereocenters. The van der Waals surface area contributed by atoms with E-state index in [1.807, 2.05) is 6.07 Å². The molecule has 0 fully saturated rings. The number of hydrogen-bond acceptors (Lipinski definition) is 4. The number of aliphatic hydroxyl groups is 1. The smallest absolute Gasteiger partial charge is 0.294 e. The van der Waals surface area contributed by atoms with Crippen LogP contribution in [0.1, 0.15) is 5.56 Å². The Balaban J connectivity index is 2.19. The van der Waals surface area contributed by atoms with Crippen LogP contribution in [0.25, 0.3) is 0 Å². The molecule has 0 heterocycles. The quantitative estimate of drug-likeness (QED) is 0.747. The molecule has 3 N–H and O–H groups in total. The minimum absolute atomic E-state index is 0.0444. The summed E-state index contributed by atoms with van der Waals surface area (Å²) in [4.78, 5) is -0.151. The number of nitrogens with one attached hydrogen (secondary N) is 1. The Morgan fingerprint density at radius 2 is 1.68 bits per heavy atom. The van der Waals surface area contributed by atoms with Crippen molar-refractivity contribution in [2.24, 2.45) is 0 Å². The fourth-order valence-corrected chi connectivity index (χ4v) is 2.10. The standard InChI is InChI=1S/C13H13NO4S/c15-9-10-2-1-3-12(8-10)14-11-4-6-13(7-5-11)19(16,17)18/h1-8,14-15H,9H2,(H,16,17,18). The summed E-state index contributed by atoms with van der Waals surface area (Å²) in [7, 11) is -4.16. The Bertz CT molecular complexity index is 665. The molecule has 0 radical (unpaired) electrons. The topological polar surface area (TPSA) is 86.6 Å². The zero-order chi connectivity index (χ0) is 13.9. The molecule has 0 bridgehead atoms. The van der Waals surface area contributed by atoms with Gasteiger partial charge in [0.2, 0.25) is 0 Å². The van der Waals surface area contributed by atoms with E-state index in [2.05, 4.69) is 5.32 Å². The van der Waals surface area contributed by atoms with Gasteiger partial charge in [0.1, 0.15) is 0 Å². The van der Waals surface area contributed by atoms with E-state index in [9.17, 15) is 8.42 Å². The summed E-state index contributed by atoms with van der Waals surface area (Å²) in [5.74, 6) is 0. The average Bonchev–Trinajstić information content (AvgIpc) is 2.38. The summed E-state index contributed by atoms with van der Waals surface area (Å²) in [6.07, 6.45) is 0. The van der Waals surface area contributed by atoms with Gasteiger partial charge in [-0.2, -0.15) is 8.42 Å². The second-order valence-electron chi connectivity index (χ2n) is 3.98. The van der Waals surface area contributed by atoms with Crippen LogP contribution in [0.4, 0.5) is 11.4 Å². The highest BCUT2D eigenvalue weighted by molar-refractivity contribution is 7.85. The first-order chi connectivity index (χ1) is 8.99. The number of benzene rings is 2. The maximum absolute atomic E-state index is 10.9. The molecular formula is C13H13NO4S.